The van der Waals surface area contributed by atoms with Crippen LogP contribution in [0.1, 0.15) is 11.6 Å². The summed E-state index contributed by atoms with van der Waals surface area (Å²) in [5, 5.41) is 5.52. The van der Waals surface area contributed by atoms with Crippen LogP contribution in [-0.2, 0) is 0 Å². The van der Waals surface area contributed by atoms with Gasteiger partial charge in [-0.1, -0.05) is 48.5 Å². The van der Waals surface area contributed by atoms with E-state index < -0.39 is 0 Å². The van der Waals surface area contributed by atoms with Crippen molar-refractivity contribution >= 4 is 16.5 Å². The molecular weight excluding hydrogens is 263 g/mol. The Morgan fingerprint density at radius 3 is 2.38 bits per heavy atom. The molecule has 0 amide bonds. The minimum atomic E-state index is -0.267. The number of nitrogens with two attached hydrogens (primary N) is 1. The number of para-hydroxylation sites is 1. The van der Waals surface area contributed by atoms with Crippen LogP contribution in [0.3, 0.4) is 0 Å². The molecule has 3 heteroatoms. The Hall–Kier alpha value is -2.39. The van der Waals surface area contributed by atoms with E-state index in [-0.39, 0.29) is 11.9 Å². The zero-order valence-electron chi connectivity index (χ0n) is 11.6. The fourth-order valence-electron chi connectivity index (χ4n) is 2.47. The third-order valence-electron chi connectivity index (χ3n) is 3.62. The van der Waals surface area contributed by atoms with Crippen LogP contribution >= 0.6 is 0 Å². The smallest absolute Gasteiger partial charge is 0.146 e. The summed E-state index contributed by atoms with van der Waals surface area (Å²) < 4.78 is 13.8. The molecule has 0 spiro atoms. The highest BCUT2D eigenvalue weighted by Crippen LogP contribution is 2.24. The van der Waals surface area contributed by atoms with Crippen molar-refractivity contribution in [3.8, 4) is 0 Å². The van der Waals surface area contributed by atoms with Gasteiger partial charge in [0.1, 0.15) is 5.82 Å². The van der Waals surface area contributed by atoms with Crippen molar-refractivity contribution in [3.05, 3.63) is 78.1 Å². The van der Waals surface area contributed by atoms with Crippen LogP contribution in [0, 0.1) is 5.82 Å². The summed E-state index contributed by atoms with van der Waals surface area (Å²) in [4.78, 5) is 0. The molecule has 0 fully saturated rings. The zero-order valence-corrected chi connectivity index (χ0v) is 11.6. The third kappa shape index (κ3) is 2.88. The summed E-state index contributed by atoms with van der Waals surface area (Å²) in [5.74, 6) is -0.267. The van der Waals surface area contributed by atoms with E-state index in [1.165, 1.54) is 11.5 Å². The molecule has 3 aromatic rings. The molecule has 3 rings (SSSR count). The molecule has 106 valence electrons. The van der Waals surface area contributed by atoms with Crippen LogP contribution in [0.2, 0.25) is 0 Å². The average Bonchev–Trinajstić information content (AvgIpc) is 2.54. The Morgan fingerprint density at radius 2 is 1.62 bits per heavy atom. The predicted molar refractivity (Wildman–Crippen MR) is 85.8 cm³/mol. The van der Waals surface area contributed by atoms with Gasteiger partial charge in [0.25, 0.3) is 0 Å². The highest BCUT2D eigenvalue weighted by Gasteiger charge is 2.12. The van der Waals surface area contributed by atoms with E-state index >= 15 is 0 Å². The Morgan fingerprint density at radius 1 is 0.905 bits per heavy atom. The largest absolute Gasteiger partial charge is 0.375 e. The molecule has 21 heavy (non-hydrogen) atoms. The maximum atomic E-state index is 13.8. The highest BCUT2D eigenvalue weighted by atomic mass is 19.1. The number of fused-ring (bicyclic) bond motifs is 1. The number of hydrogen-bond acceptors (Lipinski definition) is 2. The molecule has 0 aromatic heterocycles. The zero-order chi connectivity index (χ0) is 14.7. The molecule has 0 radical (unpaired) electrons. The predicted octanol–water partition coefficient (Wildman–Crippen LogP) is 4.09. The van der Waals surface area contributed by atoms with E-state index in [1.807, 2.05) is 18.2 Å². The van der Waals surface area contributed by atoms with Crippen molar-refractivity contribution < 1.29 is 4.39 Å². The highest BCUT2D eigenvalue weighted by molar-refractivity contribution is 5.83. The Bertz CT molecular complexity index is 755. The van der Waals surface area contributed by atoms with Crippen molar-refractivity contribution in [2.45, 2.75) is 6.04 Å². The van der Waals surface area contributed by atoms with E-state index in [0.29, 0.717) is 12.2 Å². The van der Waals surface area contributed by atoms with Gasteiger partial charge in [-0.25, -0.2) is 4.39 Å². The van der Waals surface area contributed by atoms with Gasteiger partial charge in [-0.05, 0) is 34.5 Å². The van der Waals surface area contributed by atoms with Gasteiger partial charge in [-0.15, -0.1) is 0 Å². The van der Waals surface area contributed by atoms with Gasteiger partial charge < -0.3 is 11.1 Å². The molecule has 1 atom stereocenters. The lowest BCUT2D eigenvalue weighted by atomic mass is 10.0. The first kappa shape index (κ1) is 13.6. The summed E-state index contributed by atoms with van der Waals surface area (Å²) in [7, 11) is 0. The molecule has 1 unspecified atom stereocenters. The second kappa shape index (κ2) is 5.94. The molecule has 0 aliphatic heterocycles. The van der Waals surface area contributed by atoms with Gasteiger partial charge in [0.05, 0.1) is 11.7 Å². The van der Waals surface area contributed by atoms with E-state index in [9.17, 15) is 4.39 Å². The molecule has 3 N–H and O–H groups in total. The maximum Gasteiger partial charge on any atom is 0.146 e. The molecule has 0 heterocycles. The second-order valence-electron chi connectivity index (χ2n) is 5.02. The second-order valence-corrected chi connectivity index (χ2v) is 5.02. The first-order valence-corrected chi connectivity index (χ1v) is 6.98. The Kier molecular flexibility index (Phi) is 3.84. The summed E-state index contributed by atoms with van der Waals surface area (Å²) in [6.07, 6.45) is 0. The molecule has 0 saturated carbocycles. The fourth-order valence-corrected chi connectivity index (χ4v) is 2.47. The number of hydrogen-bond donors (Lipinski definition) is 2. The third-order valence-corrected chi connectivity index (χ3v) is 3.62. The van der Waals surface area contributed by atoms with Gasteiger partial charge in [0, 0.05) is 6.54 Å². The molecule has 0 aliphatic carbocycles. The standard InChI is InChI=1S/C18H17FN2/c19-16-7-3-4-8-17(16)21-18(12-20)15-10-9-13-5-1-2-6-14(13)11-15/h1-11,18,21H,12,20H2. The normalized spacial score (nSPS) is 12.3. The summed E-state index contributed by atoms with van der Waals surface area (Å²) >= 11 is 0. The summed E-state index contributed by atoms with van der Waals surface area (Å²) in [5.41, 5.74) is 7.39. The van der Waals surface area contributed by atoms with Gasteiger partial charge >= 0.3 is 0 Å². The first-order valence-electron chi connectivity index (χ1n) is 6.98. The first-order chi connectivity index (χ1) is 10.3. The number of halogens is 1. The SMILES string of the molecule is NCC(Nc1ccccc1F)c1ccc2ccccc2c1. The fraction of sp³-hybridized carbons (Fsp3) is 0.111. The lowest BCUT2D eigenvalue weighted by Gasteiger charge is -2.19. The van der Waals surface area contributed by atoms with Crippen LogP contribution in [0.25, 0.3) is 10.8 Å². The molecule has 0 aliphatic rings. The van der Waals surface area contributed by atoms with E-state index in [1.54, 1.807) is 18.2 Å². The number of anilines is 1. The van der Waals surface area contributed by atoms with Gasteiger partial charge in [0.15, 0.2) is 0 Å². The molecule has 2 nitrogen and oxygen atoms in total. The number of rotatable bonds is 4. The average molecular weight is 280 g/mol. The molecule has 0 bridgehead atoms. The number of nitrogens with one attached hydrogen (secondary N) is 1. The molecule has 3 aromatic carbocycles. The van der Waals surface area contributed by atoms with E-state index in [2.05, 4.69) is 29.6 Å². The maximum absolute atomic E-state index is 13.8. The summed E-state index contributed by atoms with van der Waals surface area (Å²) in [6, 6.07) is 20.9. The van der Waals surface area contributed by atoms with Gasteiger partial charge in [0.2, 0.25) is 0 Å². The summed E-state index contributed by atoms with van der Waals surface area (Å²) in [6.45, 7) is 0.396. The molecular formula is C18H17FN2. The van der Waals surface area contributed by atoms with Crippen molar-refractivity contribution in [1.82, 2.24) is 0 Å². The van der Waals surface area contributed by atoms with Crippen LogP contribution in [0.5, 0.6) is 0 Å². The van der Waals surface area contributed by atoms with Crippen LogP contribution in [0.4, 0.5) is 10.1 Å². The minimum absolute atomic E-state index is 0.119. The van der Waals surface area contributed by atoms with E-state index in [4.69, 9.17) is 5.73 Å². The molecule has 0 saturated heterocycles. The van der Waals surface area contributed by atoms with Crippen LogP contribution in [-0.4, -0.2) is 6.54 Å². The topological polar surface area (TPSA) is 38.0 Å². The Labute approximate surface area is 123 Å². The quantitative estimate of drug-likeness (QED) is 0.755. The van der Waals surface area contributed by atoms with Crippen molar-refractivity contribution in [2.24, 2.45) is 5.73 Å². The van der Waals surface area contributed by atoms with Gasteiger partial charge in [-0.2, -0.15) is 0 Å². The van der Waals surface area contributed by atoms with Crippen molar-refractivity contribution in [2.75, 3.05) is 11.9 Å². The lowest BCUT2D eigenvalue weighted by molar-refractivity contribution is 0.626. The van der Waals surface area contributed by atoms with E-state index in [0.717, 1.165) is 10.9 Å². The minimum Gasteiger partial charge on any atom is -0.375 e. The Balaban J connectivity index is 1.93. The van der Waals surface area contributed by atoms with Gasteiger partial charge in [-0.3, -0.25) is 0 Å². The lowest BCUT2D eigenvalue weighted by Crippen LogP contribution is -2.21. The van der Waals surface area contributed by atoms with Crippen molar-refractivity contribution in [1.29, 1.82) is 0 Å². The van der Waals surface area contributed by atoms with Crippen molar-refractivity contribution in [3.63, 3.8) is 0 Å². The monoisotopic (exact) mass is 280 g/mol. The number of benzene rings is 3. The van der Waals surface area contributed by atoms with Crippen LogP contribution in [0.15, 0.2) is 66.7 Å². The van der Waals surface area contributed by atoms with Crippen LogP contribution < -0.4 is 11.1 Å².